The van der Waals surface area contributed by atoms with Gasteiger partial charge in [0.05, 0.1) is 10.7 Å². The number of aromatic nitrogens is 1. The maximum absolute atomic E-state index is 12.4. The van der Waals surface area contributed by atoms with Crippen molar-refractivity contribution in [3.05, 3.63) is 80.8 Å². The lowest BCUT2D eigenvalue weighted by atomic mass is 10.1. The molecule has 0 atom stereocenters. The Balaban J connectivity index is 1.62. The number of carbonyl (C=O) groups excluding carboxylic acids is 2. The summed E-state index contributed by atoms with van der Waals surface area (Å²) in [5.41, 5.74) is 1.47. The number of aryl methyl sites for hydroxylation is 1. The fraction of sp³-hybridized carbons (Fsp3) is 0.150. The number of thiazole rings is 1. The molecule has 0 N–H and O–H groups in total. The molecule has 0 aliphatic carbocycles. The minimum Gasteiger partial charge on any atom is -0.486 e. The fourth-order valence-corrected chi connectivity index (χ4v) is 3.04. The summed E-state index contributed by atoms with van der Waals surface area (Å²) in [7, 11) is 0. The summed E-state index contributed by atoms with van der Waals surface area (Å²) >= 11 is 7.33. The van der Waals surface area contributed by atoms with Crippen molar-refractivity contribution in [1.82, 2.24) is 4.98 Å². The first-order chi connectivity index (χ1) is 13.0. The molecule has 1 heterocycles. The van der Waals surface area contributed by atoms with E-state index in [-0.39, 0.29) is 24.6 Å². The summed E-state index contributed by atoms with van der Waals surface area (Å²) in [6.07, 6.45) is 0. The molecule has 3 aromatic rings. The lowest BCUT2D eigenvalue weighted by Gasteiger charge is -2.10. The number of rotatable bonds is 7. The second-order valence-corrected chi connectivity index (χ2v) is 7.15. The van der Waals surface area contributed by atoms with Crippen LogP contribution in [-0.2, 0) is 11.3 Å². The summed E-state index contributed by atoms with van der Waals surface area (Å²) in [4.78, 5) is 28.8. The lowest BCUT2D eigenvalue weighted by Crippen LogP contribution is -2.15. The third kappa shape index (κ3) is 5.15. The van der Waals surface area contributed by atoms with E-state index in [0.29, 0.717) is 16.3 Å². The van der Waals surface area contributed by atoms with Gasteiger partial charge in [-0.1, -0.05) is 23.7 Å². The molecule has 27 heavy (non-hydrogen) atoms. The monoisotopic (exact) mass is 401 g/mol. The summed E-state index contributed by atoms with van der Waals surface area (Å²) < 4.78 is 10.9. The number of ketones is 1. The standard InChI is InChI=1S/C20H16ClNO4S/c1-13-22-16(12-27-13)10-25-19-5-3-2-4-17(19)20(24)26-11-18(23)14-6-8-15(21)9-7-14/h2-9,12H,10-11H2,1H3. The Morgan fingerprint density at radius 2 is 1.85 bits per heavy atom. The highest BCUT2D eigenvalue weighted by Crippen LogP contribution is 2.21. The van der Waals surface area contributed by atoms with E-state index >= 15 is 0 Å². The first kappa shape index (κ1) is 19.1. The SMILES string of the molecule is Cc1nc(COc2ccccc2C(=O)OCC(=O)c2ccc(Cl)cc2)cs1. The van der Waals surface area contributed by atoms with E-state index in [0.717, 1.165) is 10.7 Å². The molecule has 0 spiro atoms. The van der Waals surface area contributed by atoms with Crippen LogP contribution in [-0.4, -0.2) is 23.3 Å². The summed E-state index contributed by atoms with van der Waals surface area (Å²) in [5, 5.41) is 3.38. The Bertz CT molecular complexity index is 953. The number of benzene rings is 2. The van der Waals surface area contributed by atoms with Crippen molar-refractivity contribution in [3.63, 3.8) is 0 Å². The Hall–Kier alpha value is -2.70. The van der Waals surface area contributed by atoms with Gasteiger partial charge in [-0.3, -0.25) is 4.79 Å². The maximum Gasteiger partial charge on any atom is 0.342 e. The van der Waals surface area contributed by atoms with Gasteiger partial charge in [-0.05, 0) is 43.3 Å². The molecule has 3 rings (SSSR count). The molecule has 0 fully saturated rings. The number of ether oxygens (including phenoxy) is 2. The highest BCUT2D eigenvalue weighted by molar-refractivity contribution is 7.09. The number of hydrogen-bond donors (Lipinski definition) is 0. The highest BCUT2D eigenvalue weighted by atomic mass is 35.5. The van der Waals surface area contributed by atoms with Gasteiger partial charge in [0, 0.05) is 16.0 Å². The molecule has 2 aromatic carbocycles. The van der Waals surface area contributed by atoms with Gasteiger partial charge in [-0.25, -0.2) is 9.78 Å². The van der Waals surface area contributed by atoms with Crippen LogP contribution >= 0.6 is 22.9 Å². The van der Waals surface area contributed by atoms with Gasteiger partial charge >= 0.3 is 5.97 Å². The van der Waals surface area contributed by atoms with Gasteiger partial charge < -0.3 is 9.47 Å². The maximum atomic E-state index is 12.4. The van der Waals surface area contributed by atoms with E-state index in [1.54, 1.807) is 48.5 Å². The van der Waals surface area contributed by atoms with Crippen LogP contribution in [0.2, 0.25) is 5.02 Å². The van der Waals surface area contributed by atoms with Crippen LogP contribution in [0, 0.1) is 6.92 Å². The third-order valence-electron chi connectivity index (χ3n) is 3.65. The molecule has 0 amide bonds. The quantitative estimate of drug-likeness (QED) is 0.423. The van der Waals surface area contributed by atoms with Crippen molar-refractivity contribution in [2.45, 2.75) is 13.5 Å². The predicted molar refractivity (Wildman–Crippen MR) is 104 cm³/mol. The summed E-state index contributed by atoms with van der Waals surface area (Å²) in [5.74, 6) is -0.550. The average Bonchev–Trinajstić information content (AvgIpc) is 3.10. The van der Waals surface area contributed by atoms with E-state index in [2.05, 4.69) is 4.98 Å². The number of hydrogen-bond acceptors (Lipinski definition) is 6. The third-order valence-corrected chi connectivity index (χ3v) is 4.72. The van der Waals surface area contributed by atoms with Crippen LogP contribution in [0.25, 0.3) is 0 Å². The molecule has 0 saturated carbocycles. The summed E-state index contributed by atoms with van der Waals surface area (Å²) in [6.45, 7) is 1.80. The normalized spacial score (nSPS) is 10.4. The molecule has 0 aliphatic rings. The summed E-state index contributed by atoms with van der Waals surface area (Å²) in [6, 6.07) is 13.1. The van der Waals surface area contributed by atoms with Crippen molar-refractivity contribution in [3.8, 4) is 5.75 Å². The number of esters is 1. The molecule has 0 saturated heterocycles. The largest absolute Gasteiger partial charge is 0.486 e. The van der Waals surface area contributed by atoms with Crippen LogP contribution in [0.5, 0.6) is 5.75 Å². The number of carbonyl (C=O) groups is 2. The molecule has 0 bridgehead atoms. The molecule has 0 radical (unpaired) electrons. The van der Waals surface area contributed by atoms with Crippen molar-refractivity contribution >= 4 is 34.7 Å². The van der Waals surface area contributed by atoms with Crippen LogP contribution in [0.1, 0.15) is 31.4 Å². The molecular formula is C20H16ClNO4S. The zero-order chi connectivity index (χ0) is 19.2. The highest BCUT2D eigenvalue weighted by Gasteiger charge is 2.16. The van der Waals surface area contributed by atoms with Crippen LogP contribution in [0.15, 0.2) is 53.9 Å². The molecule has 0 unspecified atom stereocenters. The Morgan fingerprint density at radius 1 is 1.11 bits per heavy atom. The zero-order valence-corrected chi connectivity index (χ0v) is 16.0. The van der Waals surface area contributed by atoms with Crippen LogP contribution < -0.4 is 4.74 Å². The van der Waals surface area contributed by atoms with E-state index in [1.807, 2.05) is 12.3 Å². The second kappa shape index (κ2) is 8.79. The zero-order valence-electron chi connectivity index (χ0n) is 14.5. The first-order valence-electron chi connectivity index (χ1n) is 8.11. The molecule has 5 nitrogen and oxygen atoms in total. The number of halogens is 1. The van der Waals surface area contributed by atoms with Crippen molar-refractivity contribution in [1.29, 1.82) is 0 Å². The molecule has 7 heteroatoms. The minimum atomic E-state index is -0.623. The minimum absolute atomic E-state index is 0.248. The predicted octanol–water partition coefficient (Wildman–Crippen LogP) is 4.72. The molecule has 138 valence electrons. The first-order valence-corrected chi connectivity index (χ1v) is 9.37. The van der Waals surface area contributed by atoms with E-state index < -0.39 is 5.97 Å². The Kier molecular flexibility index (Phi) is 6.21. The van der Waals surface area contributed by atoms with Gasteiger partial charge in [0.1, 0.15) is 17.9 Å². The second-order valence-electron chi connectivity index (χ2n) is 5.65. The molecular weight excluding hydrogens is 386 g/mol. The fourth-order valence-electron chi connectivity index (χ4n) is 2.32. The van der Waals surface area contributed by atoms with E-state index in [1.165, 1.54) is 11.3 Å². The smallest absolute Gasteiger partial charge is 0.342 e. The number of nitrogens with zero attached hydrogens (tertiary/aromatic N) is 1. The molecule has 0 aliphatic heterocycles. The molecule has 1 aromatic heterocycles. The van der Waals surface area contributed by atoms with Gasteiger partial charge in [0.25, 0.3) is 0 Å². The number of Topliss-reactive ketones (excluding diaryl/α,β-unsaturated/α-hetero) is 1. The van der Waals surface area contributed by atoms with Gasteiger partial charge in [0.15, 0.2) is 12.4 Å². The van der Waals surface area contributed by atoms with Crippen molar-refractivity contribution in [2.24, 2.45) is 0 Å². The van der Waals surface area contributed by atoms with E-state index in [9.17, 15) is 9.59 Å². The topological polar surface area (TPSA) is 65.5 Å². The van der Waals surface area contributed by atoms with Crippen LogP contribution in [0.4, 0.5) is 0 Å². The number of para-hydroxylation sites is 1. The average molecular weight is 402 g/mol. The van der Waals surface area contributed by atoms with Gasteiger partial charge in [0.2, 0.25) is 0 Å². The van der Waals surface area contributed by atoms with Crippen molar-refractivity contribution in [2.75, 3.05) is 6.61 Å². The van der Waals surface area contributed by atoms with Crippen molar-refractivity contribution < 1.29 is 19.1 Å². The van der Waals surface area contributed by atoms with Crippen LogP contribution in [0.3, 0.4) is 0 Å². The van der Waals surface area contributed by atoms with E-state index in [4.69, 9.17) is 21.1 Å². The van der Waals surface area contributed by atoms with Gasteiger partial charge in [-0.2, -0.15) is 0 Å². The van der Waals surface area contributed by atoms with Gasteiger partial charge in [-0.15, -0.1) is 11.3 Å². The lowest BCUT2D eigenvalue weighted by molar-refractivity contribution is 0.0470. The Labute approximate surface area is 165 Å². The Morgan fingerprint density at radius 3 is 2.56 bits per heavy atom.